The molecule has 0 fully saturated rings. The smallest absolute Gasteiger partial charge is 0.238 e. The van der Waals surface area contributed by atoms with Gasteiger partial charge in [-0.15, -0.1) is 0 Å². The number of amides is 1. The van der Waals surface area contributed by atoms with E-state index in [4.69, 9.17) is 15.2 Å². The maximum atomic E-state index is 11.0. The van der Waals surface area contributed by atoms with Gasteiger partial charge in [-0.3, -0.25) is 4.79 Å². The number of ether oxygens (including phenoxy) is 2. The minimum absolute atomic E-state index is 0.0333. The molecule has 1 aliphatic heterocycles. The molecule has 5 nitrogen and oxygen atoms in total. The zero-order chi connectivity index (χ0) is 9.97. The Balaban J connectivity index is 2.16. The molecule has 5 heteroatoms. The summed E-state index contributed by atoms with van der Waals surface area (Å²) in [7, 11) is 0. The van der Waals surface area contributed by atoms with E-state index in [9.17, 15) is 4.79 Å². The van der Waals surface area contributed by atoms with Gasteiger partial charge in [-0.05, 0) is 12.1 Å². The van der Waals surface area contributed by atoms with Crippen molar-refractivity contribution >= 4 is 11.6 Å². The SMILES string of the molecule is NCC(=O)Nc1ccc2c(c1)OCO2. The maximum absolute atomic E-state index is 11.0. The second-order valence-corrected chi connectivity index (χ2v) is 2.82. The fourth-order valence-corrected chi connectivity index (χ4v) is 1.19. The molecule has 74 valence electrons. The van der Waals surface area contributed by atoms with Crippen LogP contribution in [0.1, 0.15) is 0 Å². The lowest BCUT2D eigenvalue weighted by Gasteiger charge is -2.03. The van der Waals surface area contributed by atoms with Gasteiger partial charge in [-0.1, -0.05) is 0 Å². The number of benzene rings is 1. The zero-order valence-electron chi connectivity index (χ0n) is 7.45. The number of hydrogen-bond donors (Lipinski definition) is 2. The Hall–Kier alpha value is -1.75. The van der Waals surface area contributed by atoms with Crippen molar-refractivity contribution in [3.8, 4) is 11.5 Å². The Morgan fingerprint density at radius 3 is 3.00 bits per heavy atom. The van der Waals surface area contributed by atoms with Crippen LogP contribution in [-0.4, -0.2) is 19.2 Å². The highest BCUT2D eigenvalue weighted by atomic mass is 16.7. The van der Waals surface area contributed by atoms with Crippen molar-refractivity contribution < 1.29 is 14.3 Å². The van der Waals surface area contributed by atoms with E-state index in [0.717, 1.165) is 0 Å². The van der Waals surface area contributed by atoms with E-state index in [0.29, 0.717) is 17.2 Å². The molecule has 1 aromatic carbocycles. The lowest BCUT2D eigenvalue weighted by Crippen LogP contribution is -2.21. The molecule has 1 aromatic rings. The van der Waals surface area contributed by atoms with Gasteiger partial charge >= 0.3 is 0 Å². The van der Waals surface area contributed by atoms with Crippen LogP contribution in [0, 0.1) is 0 Å². The van der Waals surface area contributed by atoms with Crippen LogP contribution in [0.15, 0.2) is 18.2 Å². The average molecular weight is 194 g/mol. The first-order valence-corrected chi connectivity index (χ1v) is 4.19. The molecule has 14 heavy (non-hydrogen) atoms. The monoisotopic (exact) mass is 194 g/mol. The van der Waals surface area contributed by atoms with Gasteiger partial charge < -0.3 is 20.5 Å². The van der Waals surface area contributed by atoms with E-state index >= 15 is 0 Å². The van der Waals surface area contributed by atoms with Gasteiger partial charge in [0.1, 0.15) is 0 Å². The van der Waals surface area contributed by atoms with E-state index in [2.05, 4.69) is 5.32 Å². The summed E-state index contributed by atoms with van der Waals surface area (Å²) < 4.78 is 10.3. The number of rotatable bonds is 2. The van der Waals surface area contributed by atoms with E-state index < -0.39 is 0 Å². The second kappa shape index (κ2) is 3.55. The summed E-state index contributed by atoms with van der Waals surface area (Å²) in [4.78, 5) is 11.0. The van der Waals surface area contributed by atoms with E-state index in [1.165, 1.54) is 0 Å². The summed E-state index contributed by atoms with van der Waals surface area (Å²) in [6.45, 7) is 0.193. The summed E-state index contributed by atoms with van der Waals surface area (Å²) >= 11 is 0. The quantitative estimate of drug-likeness (QED) is 0.710. The van der Waals surface area contributed by atoms with Crippen LogP contribution in [0.5, 0.6) is 11.5 Å². The Morgan fingerprint density at radius 1 is 1.43 bits per heavy atom. The van der Waals surface area contributed by atoms with Crippen molar-refractivity contribution in [2.24, 2.45) is 5.73 Å². The van der Waals surface area contributed by atoms with Gasteiger partial charge in [-0.2, -0.15) is 0 Å². The predicted molar refractivity (Wildman–Crippen MR) is 50.2 cm³/mol. The van der Waals surface area contributed by atoms with E-state index in [1.54, 1.807) is 18.2 Å². The van der Waals surface area contributed by atoms with Gasteiger partial charge in [0.2, 0.25) is 12.7 Å². The summed E-state index contributed by atoms with van der Waals surface area (Å²) in [6.07, 6.45) is 0. The number of carbonyl (C=O) groups is 1. The molecule has 0 spiro atoms. The first-order chi connectivity index (χ1) is 6.79. The van der Waals surface area contributed by atoms with Crippen molar-refractivity contribution in [1.82, 2.24) is 0 Å². The number of hydrogen-bond acceptors (Lipinski definition) is 4. The highest BCUT2D eigenvalue weighted by Gasteiger charge is 2.13. The highest BCUT2D eigenvalue weighted by Crippen LogP contribution is 2.34. The minimum Gasteiger partial charge on any atom is -0.454 e. The van der Waals surface area contributed by atoms with Crippen LogP contribution in [-0.2, 0) is 4.79 Å². The van der Waals surface area contributed by atoms with Crippen LogP contribution in [0.2, 0.25) is 0 Å². The van der Waals surface area contributed by atoms with Crippen molar-refractivity contribution in [1.29, 1.82) is 0 Å². The molecule has 0 saturated carbocycles. The molecule has 0 bridgehead atoms. The van der Waals surface area contributed by atoms with Gasteiger partial charge in [0.25, 0.3) is 0 Å². The number of carbonyl (C=O) groups excluding carboxylic acids is 1. The standard InChI is InChI=1S/C9H10N2O3/c10-4-9(12)11-6-1-2-7-8(3-6)14-5-13-7/h1-3H,4-5,10H2,(H,11,12). The first-order valence-electron chi connectivity index (χ1n) is 4.19. The Labute approximate surface area is 80.8 Å². The van der Waals surface area contributed by atoms with Gasteiger partial charge in [0.05, 0.1) is 6.54 Å². The Bertz CT molecular complexity index is 365. The van der Waals surface area contributed by atoms with Crippen LogP contribution in [0.4, 0.5) is 5.69 Å². The lowest BCUT2D eigenvalue weighted by atomic mass is 10.3. The molecule has 2 rings (SSSR count). The van der Waals surface area contributed by atoms with Gasteiger partial charge in [0, 0.05) is 11.8 Å². The van der Waals surface area contributed by atoms with Crippen LogP contribution in [0.3, 0.4) is 0 Å². The summed E-state index contributed by atoms with van der Waals surface area (Å²) in [6, 6.07) is 5.19. The van der Waals surface area contributed by atoms with Crippen molar-refractivity contribution in [2.45, 2.75) is 0 Å². The molecule has 1 aliphatic rings. The molecule has 3 N–H and O–H groups in total. The lowest BCUT2D eigenvalue weighted by molar-refractivity contribution is -0.114. The topological polar surface area (TPSA) is 73.6 Å². The second-order valence-electron chi connectivity index (χ2n) is 2.82. The molecule has 0 atom stereocenters. The highest BCUT2D eigenvalue weighted by molar-refractivity contribution is 5.92. The average Bonchev–Trinajstić information content (AvgIpc) is 2.64. The summed E-state index contributed by atoms with van der Waals surface area (Å²) in [5, 5.41) is 2.62. The van der Waals surface area contributed by atoms with Crippen molar-refractivity contribution in [3.63, 3.8) is 0 Å². The molecular formula is C9H10N2O3. The number of fused-ring (bicyclic) bond motifs is 1. The molecule has 0 aliphatic carbocycles. The van der Waals surface area contributed by atoms with Crippen molar-refractivity contribution in [2.75, 3.05) is 18.7 Å². The molecular weight excluding hydrogens is 184 g/mol. The van der Waals surface area contributed by atoms with E-state index in [1.807, 2.05) is 0 Å². The number of nitrogens with one attached hydrogen (secondary N) is 1. The third-order valence-electron chi connectivity index (χ3n) is 1.84. The number of anilines is 1. The predicted octanol–water partition coefficient (Wildman–Crippen LogP) is 0.312. The van der Waals surface area contributed by atoms with Crippen LogP contribution < -0.4 is 20.5 Å². The first kappa shape index (κ1) is 8.83. The van der Waals surface area contributed by atoms with Crippen molar-refractivity contribution in [3.05, 3.63) is 18.2 Å². The van der Waals surface area contributed by atoms with Crippen LogP contribution in [0.25, 0.3) is 0 Å². The molecule has 1 heterocycles. The minimum atomic E-state index is -0.233. The van der Waals surface area contributed by atoms with E-state index in [-0.39, 0.29) is 19.2 Å². The zero-order valence-corrected chi connectivity index (χ0v) is 7.45. The third-order valence-corrected chi connectivity index (χ3v) is 1.84. The normalized spacial score (nSPS) is 12.6. The van der Waals surface area contributed by atoms with Gasteiger partial charge in [0.15, 0.2) is 11.5 Å². The number of nitrogens with two attached hydrogens (primary N) is 1. The van der Waals surface area contributed by atoms with Crippen LogP contribution >= 0.6 is 0 Å². The van der Waals surface area contributed by atoms with Gasteiger partial charge in [-0.25, -0.2) is 0 Å². The summed E-state index contributed by atoms with van der Waals surface area (Å²) in [5.41, 5.74) is 5.82. The molecule has 1 amide bonds. The Morgan fingerprint density at radius 2 is 2.21 bits per heavy atom. The largest absolute Gasteiger partial charge is 0.454 e. The maximum Gasteiger partial charge on any atom is 0.238 e. The molecule has 0 aromatic heterocycles. The Kier molecular flexibility index (Phi) is 2.24. The molecule has 0 radical (unpaired) electrons. The third kappa shape index (κ3) is 1.62. The fraction of sp³-hybridized carbons (Fsp3) is 0.222. The molecule has 0 saturated heterocycles. The fourth-order valence-electron chi connectivity index (χ4n) is 1.19. The summed E-state index contributed by atoms with van der Waals surface area (Å²) in [5.74, 6) is 1.10. The molecule has 0 unspecified atom stereocenters.